The van der Waals surface area contributed by atoms with Gasteiger partial charge in [0, 0.05) is 0 Å². The van der Waals surface area contributed by atoms with Crippen molar-refractivity contribution in [2.45, 2.75) is 53.4 Å². The Balaban J connectivity index is 3.97. The van der Waals surface area contributed by atoms with E-state index in [1.807, 2.05) is 0 Å². The van der Waals surface area contributed by atoms with Crippen LogP contribution in [0.4, 0.5) is 0 Å². The lowest BCUT2D eigenvalue weighted by Crippen LogP contribution is -1.94. The maximum atomic E-state index is 4.06. The van der Waals surface area contributed by atoms with Crippen LogP contribution < -0.4 is 0 Å². The van der Waals surface area contributed by atoms with Crippen LogP contribution in [0.5, 0.6) is 0 Å². The van der Waals surface area contributed by atoms with Crippen molar-refractivity contribution in [3.8, 4) is 0 Å². The second kappa shape index (κ2) is 6.94. The van der Waals surface area contributed by atoms with Gasteiger partial charge in [0.2, 0.25) is 0 Å². The summed E-state index contributed by atoms with van der Waals surface area (Å²) < 4.78 is 0. The molecule has 0 radical (unpaired) electrons. The van der Waals surface area contributed by atoms with E-state index in [4.69, 9.17) is 0 Å². The predicted octanol–water partition coefficient (Wildman–Crippen LogP) is 4.73. The van der Waals surface area contributed by atoms with Gasteiger partial charge in [-0.1, -0.05) is 51.0 Å². The molecule has 0 amide bonds. The minimum atomic E-state index is 0.557. The van der Waals surface area contributed by atoms with Crippen molar-refractivity contribution in [3.05, 3.63) is 23.8 Å². The molecule has 0 rings (SSSR count). The summed E-state index contributed by atoms with van der Waals surface area (Å²) in [7, 11) is 0. The zero-order valence-electron chi connectivity index (χ0n) is 9.69. The molecule has 0 heterocycles. The normalized spacial score (nSPS) is 14.3. The number of unbranched alkanes of at least 4 members (excludes halogenated alkanes) is 1. The molecule has 0 aliphatic carbocycles. The third-order valence-electron chi connectivity index (χ3n) is 2.56. The molecule has 0 nitrogen and oxygen atoms in total. The number of allylic oxidation sites excluding steroid dienone is 3. The monoisotopic (exact) mass is 180 g/mol. The standard InChI is InChI=1S/C13H24/c1-6-8-9-11(3)10-13(5)12(4)7-2/h10,13H,4,6-9H2,1-3,5H3/b11-10+/t13-/m0/s1. The topological polar surface area (TPSA) is 0 Å². The fraction of sp³-hybridized carbons (Fsp3) is 0.692. The maximum absolute atomic E-state index is 4.06. The van der Waals surface area contributed by atoms with Crippen molar-refractivity contribution < 1.29 is 0 Å². The van der Waals surface area contributed by atoms with Crippen LogP contribution in [0.2, 0.25) is 0 Å². The zero-order valence-corrected chi connectivity index (χ0v) is 9.69. The minimum absolute atomic E-state index is 0.557. The number of hydrogen-bond donors (Lipinski definition) is 0. The summed E-state index contributed by atoms with van der Waals surface area (Å²) in [4.78, 5) is 0. The molecular formula is C13H24. The maximum Gasteiger partial charge on any atom is -0.00519 e. The summed E-state index contributed by atoms with van der Waals surface area (Å²) in [5.74, 6) is 0.557. The summed E-state index contributed by atoms with van der Waals surface area (Å²) in [6.07, 6.45) is 7.31. The van der Waals surface area contributed by atoms with Crippen molar-refractivity contribution in [1.29, 1.82) is 0 Å². The molecule has 0 fully saturated rings. The van der Waals surface area contributed by atoms with Gasteiger partial charge >= 0.3 is 0 Å². The lowest BCUT2D eigenvalue weighted by molar-refractivity contribution is 0.758. The molecule has 0 unspecified atom stereocenters. The molecule has 0 saturated carbocycles. The third kappa shape index (κ3) is 5.68. The van der Waals surface area contributed by atoms with E-state index in [9.17, 15) is 0 Å². The molecule has 1 atom stereocenters. The average molecular weight is 180 g/mol. The first-order chi connectivity index (χ1) is 6.11. The Kier molecular flexibility index (Phi) is 6.66. The lowest BCUT2D eigenvalue weighted by Gasteiger charge is -2.09. The van der Waals surface area contributed by atoms with E-state index in [-0.39, 0.29) is 0 Å². The predicted molar refractivity (Wildman–Crippen MR) is 61.9 cm³/mol. The minimum Gasteiger partial charge on any atom is -0.0993 e. The van der Waals surface area contributed by atoms with Gasteiger partial charge in [-0.3, -0.25) is 0 Å². The number of rotatable bonds is 6. The van der Waals surface area contributed by atoms with E-state index in [1.54, 1.807) is 0 Å². The van der Waals surface area contributed by atoms with Crippen molar-refractivity contribution in [2.75, 3.05) is 0 Å². The molecule has 0 heteroatoms. The highest BCUT2D eigenvalue weighted by Crippen LogP contribution is 2.17. The molecule has 0 aliphatic heterocycles. The van der Waals surface area contributed by atoms with Gasteiger partial charge in [-0.25, -0.2) is 0 Å². The van der Waals surface area contributed by atoms with E-state index in [0.29, 0.717) is 5.92 Å². The van der Waals surface area contributed by atoms with Crippen molar-refractivity contribution in [1.82, 2.24) is 0 Å². The fourth-order valence-corrected chi connectivity index (χ4v) is 1.41. The summed E-state index contributed by atoms with van der Waals surface area (Å²) in [5, 5.41) is 0. The van der Waals surface area contributed by atoms with Gasteiger partial charge < -0.3 is 0 Å². The smallest absolute Gasteiger partial charge is 0.00519 e. The average Bonchev–Trinajstić information content (AvgIpc) is 2.13. The second-order valence-corrected chi connectivity index (χ2v) is 3.92. The fourth-order valence-electron chi connectivity index (χ4n) is 1.41. The van der Waals surface area contributed by atoms with Crippen LogP contribution in [-0.2, 0) is 0 Å². The first kappa shape index (κ1) is 12.5. The van der Waals surface area contributed by atoms with E-state index < -0.39 is 0 Å². The summed E-state index contributed by atoms with van der Waals surface area (Å²) in [6.45, 7) is 12.9. The van der Waals surface area contributed by atoms with E-state index in [1.165, 1.54) is 30.4 Å². The quantitative estimate of drug-likeness (QED) is 0.519. The highest BCUT2D eigenvalue weighted by atomic mass is 14.1. The van der Waals surface area contributed by atoms with Crippen molar-refractivity contribution in [3.63, 3.8) is 0 Å². The highest BCUT2D eigenvalue weighted by molar-refractivity contribution is 5.11. The van der Waals surface area contributed by atoms with E-state index >= 15 is 0 Å². The van der Waals surface area contributed by atoms with Gasteiger partial charge in [0.15, 0.2) is 0 Å². The van der Waals surface area contributed by atoms with Crippen LogP contribution in [-0.4, -0.2) is 0 Å². The van der Waals surface area contributed by atoms with Crippen molar-refractivity contribution in [2.24, 2.45) is 5.92 Å². The van der Waals surface area contributed by atoms with Gasteiger partial charge in [0.25, 0.3) is 0 Å². The van der Waals surface area contributed by atoms with Gasteiger partial charge in [-0.05, 0) is 32.1 Å². The largest absolute Gasteiger partial charge is 0.0993 e. The molecule has 0 aromatic carbocycles. The highest BCUT2D eigenvalue weighted by Gasteiger charge is 2.01. The second-order valence-electron chi connectivity index (χ2n) is 3.92. The van der Waals surface area contributed by atoms with Crippen LogP contribution in [0.15, 0.2) is 23.8 Å². The Hall–Kier alpha value is -0.520. The molecule has 76 valence electrons. The Morgan fingerprint density at radius 1 is 1.38 bits per heavy atom. The SMILES string of the molecule is C=C(CC)[C@@H](C)/C=C(\C)CCCC. The molecular weight excluding hydrogens is 156 g/mol. The van der Waals surface area contributed by atoms with Crippen LogP contribution >= 0.6 is 0 Å². The van der Waals surface area contributed by atoms with Gasteiger partial charge in [-0.2, -0.15) is 0 Å². The van der Waals surface area contributed by atoms with Gasteiger partial charge in [0.1, 0.15) is 0 Å². The lowest BCUT2D eigenvalue weighted by atomic mass is 9.96. The molecule has 0 spiro atoms. The first-order valence-corrected chi connectivity index (χ1v) is 5.46. The van der Waals surface area contributed by atoms with Crippen LogP contribution in [0.3, 0.4) is 0 Å². The third-order valence-corrected chi connectivity index (χ3v) is 2.56. The Labute approximate surface area is 83.7 Å². The first-order valence-electron chi connectivity index (χ1n) is 5.46. The summed E-state index contributed by atoms with van der Waals surface area (Å²) >= 11 is 0. The van der Waals surface area contributed by atoms with Crippen LogP contribution in [0, 0.1) is 5.92 Å². The number of hydrogen-bond acceptors (Lipinski definition) is 0. The molecule has 0 bridgehead atoms. The van der Waals surface area contributed by atoms with E-state index in [0.717, 1.165) is 6.42 Å². The van der Waals surface area contributed by atoms with Crippen LogP contribution in [0.1, 0.15) is 53.4 Å². The zero-order chi connectivity index (χ0) is 10.3. The van der Waals surface area contributed by atoms with Crippen LogP contribution in [0.25, 0.3) is 0 Å². The van der Waals surface area contributed by atoms with Gasteiger partial charge in [-0.15, -0.1) is 0 Å². The van der Waals surface area contributed by atoms with Crippen molar-refractivity contribution >= 4 is 0 Å². The Morgan fingerprint density at radius 3 is 2.46 bits per heavy atom. The molecule has 0 N–H and O–H groups in total. The molecule has 0 aromatic heterocycles. The Bertz CT molecular complexity index is 174. The molecule has 13 heavy (non-hydrogen) atoms. The summed E-state index contributed by atoms with van der Waals surface area (Å²) in [5.41, 5.74) is 2.86. The van der Waals surface area contributed by atoms with E-state index in [2.05, 4.69) is 40.3 Å². The molecule has 0 aromatic rings. The Morgan fingerprint density at radius 2 is 2.00 bits per heavy atom. The molecule has 0 aliphatic rings. The summed E-state index contributed by atoms with van der Waals surface area (Å²) in [6, 6.07) is 0. The molecule has 0 saturated heterocycles. The van der Waals surface area contributed by atoms with Gasteiger partial charge in [0.05, 0.1) is 0 Å².